The molecule has 0 amide bonds. The van der Waals surface area contributed by atoms with E-state index >= 15 is 0 Å². The van der Waals surface area contributed by atoms with E-state index < -0.39 is 10.4 Å². The van der Waals surface area contributed by atoms with E-state index in [1.807, 2.05) is 48.5 Å². The third kappa shape index (κ3) is 7.21. The number of benzene rings is 2. The minimum absolute atomic E-state index is 0.636. The van der Waals surface area contributed by atoms with Gasteiger partial charge in [0, 0.05) is 0 Å². The van der Waals surface area contributed by atoms with Gasteiger partial charge in [-0.15, -0.1) is 5.11 Å². The van der Waals surface area contributed by atoms with Gasteiger partial charge < -0.3 is 5.73 Å². The zero-order valence-corrected chi connectivity index (χ0v) is 11.1. The fourth-order valence-corrected chi connectivity index (χ4v) is 1.18. The summed E-state index contributed by atoms with van der Waals surface area (Å²) in [5.41, 5.74) is 7.88. The number of hydrogen-bond donors (Lipinski definition) is 3. The number of nitrogen functional groups attached to an aromatic ring is 1. The Kier molecular flexibility index (Phi) is 5.78. The van der Waals surface area contributed by atoms with Gasteiger partial charge in [-0.3, -0.25) is 9.11 Å². The summed E-state index contributed by atoms with van der Waals surface area (Å²) in [6.07, 6.45) is 0. The molecule has 0 fully saturated rings. The van der Waals surface area contributed by atoms with Crippen LogP contribution >= 0.6 is 0 Å². The van der Waals surface area contributed by atoms with E-state index in [1.165, 1.54) is 0 Å². The molecule has 4 N–H and O–H groups in total. The summed E-state index contributed by atoms with van der Waals surface area (Å²) < 4.78 is 31.6. The van der Waals surface area contributed by atoms with Crippen LogP contribution in [0.3, 0.4) is 0 Å². The van der Waals surface area contributed by atoms with E-state index in [9.17, 15) is 0 Å². The minimum atomic E-state index is -4.67. The summed E-state index contributed by atoms with van der Waals surface area (Å²) in [7, 11) is -4.67. The van der Waals surface area contributed by atoms with E-state index in [4.69, 9.17) is 23.3 Å². The van der Waals surface area contributed by atoms with Crippen LogP contribution in [0.25, 0.3) is 0 Å². The molecule has 0 atom stereocenters. The van der Waals surface area contributed by atoms with E-state index in [1.54, 1.807) is 6.07 Å². The highest BCUT2D eigenvalue weighted by Crippen LogP contribution is 2.23. The Bertz CT molecular complexity index is 664. The zero-order valence-electron chi connectivity index (χ0n) is 10.3. The minimum Gasteiger partial charge on any atom is -0.397 e. The SMILES string of the molecule is Nc1ccccc1N=Nc1ccccc1.O=S(=O)(O)O. The highest BCUT2D eigenvalue weighted by atomic mass is 32.3. The van der Waals surface area contributed by atoms with Gasteiger partial charge in [0.2, 0.25) is 0 Å². The van der Waals surface area contributed by atoms with E-state index in [2.05, 4.69) is 10.2 Å². The second kappa shape index (κ2) is 7.34. The summed E-state index contributed by atoms with van der Waals surface area (Å²) in [5, 5.41) is 8.16. The molecular weight excluding hydrogens is 282 g/mol. The number of rotatable bonds is 2. The van der Waals surface area contributed by atoms with E-state index in [0.29, 0.717) is 11.4 Å². The van der Waals surface area contributed by atoms with Crippen molar-refractivity contribution in [2.45, 2.75) is 0 Å². The number of anilines is 1. The molecule has 0 saturated heterocycles. The van der Waals surface area contributed by atoms with Crippen molar-refractivity contribution in [3.05, 3.63) is 54.6 Å². The lowest BCUT2D eigenvalue weighted by Crippen LogP contribution is -1.89. The van der Waals surface area contributed by atoms with Crippen LogP contribution in [-0.4, -0.2) is 17.5 Å². The highest BCUT2D eigenvalue weighted by Gasteiger charge is 1.93. The summed E-state index contributed by atoms with van der Waals surface area (Å²) in [4.78, 5) is 0. The van der Waals surface area contributed by atoms with Gasteiger partial charge in [0.1, 0.15) is 5.69 Å². The maximum Gasteiger partial charge on any atom is 0.394 e. The molecule has 106 valence electrons. The third-order valence-corrected chi connectivity index (χ3v) is 1.97. The second-order valence-electron chi connectivity index (χ2n) is 3.54. The molecule has 2 aromatic carbocycles. The fraction of sp³-hybridized carbons (Fsp3) is 0. The predicted molar refractivity (Wildman–Crippen MR) is 75.6 cm³/mol. The Balaban J connectivity index is 0.000000347. The quantitative estimate of drug-likeness (QED) is 0.446. The second-order valence-corrected chi connectivity index (χ2v) is 4.44. The van der Waals surface area contributed by atoms with Crippen LogP contribution in [0.4, 0.5) is 17.1 Å². The molecule has 0 heterocycles. The molecule has 0 radical (unpaired) electrons. The molecule has 0 aliphatic carbocycles. The Labute approximate surface area is 116 Å². The van der Waals surface area contributed by atoms with Gasteiger partial charge in [-0.2, -0.15) is 13.5 Å². The summed E-state index contributed by atoms with van der Waals surface area (Å²) in [6, 6.07) is 17.0. The van der Waals surface area contributed by atoms with Crippen LogP contribution in [0.15, 0.2) is 64.8 Å². The predicted octanol–water partition coefficient (Wildman–Crippen LogP) is 3.03. The first kappa shape index (κ1) is 15.8. The number of hydrogen-bond acceptors (Lipinski definition) is 5. The van der Waals surface area contributed by atoms with Crippen LogP contribution in [0, 0.1) is 0 Å². The average Bonchev–Trinajstić information content (AvgIpc) is 2.37. The van der Waals surface area contributed by atoms with E-state index in [0.717, 1.165) is 5.69 Å². The molecule has 20 heavy (non-hydrogen) atoms. The van der Waals surface area contributed by atoms with Gasteiger partial charge in [-0.05, 0) is 24.3 Å². The molecule has 0 aliphatic rings. The zero-order chi connectivity index (χ0) is 15.0. The smallest absolute Gasteiger partial charge is 0.394 e. The lowest BCUT2D eigenvalue weighted by molar-refractivity contribution is 0.381. The van der Waals surface area contributed by atoms with E-state index in [-0.39, 0.29) is 0 Å². The van der Waals surface area contributed by atoms with Crippen LogP contribution in [0.1, 0.15) is 0 Å². The standard InChI is InChI=1S/C12H11N3.H2O4S/c13-11-8-4-5-9-12(11)15-14-10-6-2-1-3-7-10;1-5(2,3)4/h1-9H,13H2;(H2,1,2,3,4). The molecule has 0 aliphatic heterocycles. The largest absolute Gasteiger partial charge is 0.397 e. The average molecular weight is 295 g/mol. The Morgan fingerprint density at radius 3 is 1.90 bits per heavy atom. The van der Waals surface area contributed by atoms with Crippen LogP contribution < -0.4 is 5.73 Å². The normalized spacial score (nSPS) is 10.9. The van der Waals surface area contributed by atoms with Crippen LogP contribution in [0.2, 0.25) is 0 Å². The first-order valence-electron chi connectivity index (χ1n) is 5.37. The molecule has 8 heteroatoms. The van der Waals surface area contributed by atoms with Gasteiger partial charge >= 0.3 is 10.4 Å². The Hall–Kier alpha value is -2.29. The van der Waals surface area contributed by atoms with Crippen LogP contribution in [-0.2, 0) is 10.4 Å². The van der Waals surface area contributed by atoms with Gasteiger partial charge in [0.25, 0.3) is 0 Å². The maximum absolute atomic E-state index is 8.74. The molecule has 0 bridgehead atoms. The molecule has 0 spiro atoms. The lowest BCUT2D eigenvalue weighted by Gasteiger charge is -1.96. The van der Waals surface area contributed by atoms with Crippen LogP contribution in [0.5, 0.6) is 0 Å². The van der Waals surface area contributed by atoms with Crippen molar-refractivity contribution in [2.75, 3.05) is 5.73 Å². The van der Waals surface area contributed by atoms with Gasteiger partial charge in [0.15, 0.2) is 0 Å². The fourth-order valence-electron chi connectivity index (χ4n) is 1.18. The summed E-state index contributed by atoms with van der Waals surface area (Å²) >= 11 is 0. The van der Waals surface area contributed by atoms with Gasteiger partial charge in [-0.25, -0.2) is 0 Å². The Morgan fingerprint density at radius 2 is 1.35 bits per heavy atom. The van der Waals surface area contributed by atoms with Crippen molar-refractivity contribution in [1.29, 1.82) is 0 Å². The van der Waals surface area contributed by atoms with Crippen molar-refractivity contribution in [3.8, 4) is 0 Å². The van der Waals surface area contributed by atoms with Gasteiger partial charge in [0.05, 0.1) is 11.4 Å². The summed E-state index contributed by atoms with van der Waals surface area (Å²) in [5.74, 6) is 0. The van der Waals surface area contributed by atoms with Crippen molar-refractivity contribution >= 4 is 27.5 Å². The van der Waals surface area contributed by atoms with Gasteiger partial charge in [-0.1, -0.05) is 30.3 Å². The molecule has 0 saturated carbocycles. The number of nitrogens with zero attached hydrogens (tertiary/aromatic N) is 2. The molecule has 7 nitrogen and oxygen atoms in total. The number of para-hydroxylation sites is 1. The monoisotopic (exact) mass is 295 g/mol. The first-order chi connectivity index (χ1) is 9.36. The van der Waals surface area contributed by atoms with Crippen molar-refractivity contribution in [1.82, 2.24) is 0 Å². The molecule has 0 aromatic heterocycles. The third-order valence-electron chi connectivity index (χ3n) is 1.97. The van der Waals surface area contributed by atoms with Crippen molar-refractivity contribution in [3.63, 3.8) is 0 Å². The maximum atomic E-state index is 8.74. The number of azo groups is 1. The molecule has 2 aromatic rings. The van der Waals surface area contributed by atoms with Crippen molar-refractivity contribution in [2.24, 2.45) is 10.2 Å². The molecule has 0 unspecified atom stereocenters. The number of nitrogens with two attached hydrogens (primary N) is 1. The Morgan fingerprint density at radius 1 is 0.850 bits per heavy atom. The first-order valence-corrected chi connectivity index (χ1v) is 6.77. The molecule has 2 rings (SSSR count). The summed E-state index contributed by atoms with van der Waals surface area (Å²) in [6.45, 7) is 0. The van der Waals surface area contributed by atoms with Crippen molar-refractivity contribution < 1.29 is 17.5 Å². The molecular formula is C12H13N3O4S. The highest BCUT2D eigenvalue weighted by molar-refractivity contribution is 7.79. The lowest BCUT2D eigenvalue weighted by atomic mass is 10.3. The topological polar surface area (TPSA) is 125 Å².